The van der Waals surface area contributed by atoms with Crippen molar-refractivity contribution in [2.45, 2.75) is 18.9 Å². The lowest BCUT2D eigenvalue weighted by atomic mass is 9.83. The zero-order chi connectivity index (χ0) is 15.4. The first-order valence-electron chi connectivity index (χ1n) is 7.51. The number of aromatic nitrogens is 2. The summed E-state index contributed by atoms with van der Waals surface area (Å²) in [5.41, 5.74) is 2.80. The number of pyridine rings is 1. The molecule has 114 valence electrons. The molecule has 0 aliphatic carbocycles. The van der Waals surface area contributed by atoms with Gasteiger partial charge in [-0.1, -0.05) is 43.3 Å². The molecule has 0 aliphatic rings. The van der Waals surface area contributed by atoms with Gasteiger partial charge >= 0.3 is 0 Å². The van der Waals surface area contributed by atoms with Crippen molar-refractivity contribution < 1.29 is 5.11 Å². The zero-order valence-corrected chi connectivity index (χ0v) is 12.7. The summed E-state index contributed by atoms with van der Waals surface area (Å²) in [6.45, 7) is 3.56. The Kier molecular flexibility index (Phi) is 4.22. The fraction of sp³-hybridized carbons (Fsp3) is 0.278. The molecule has 0 aliphatic heterocycles. The molecule has 0 radical (unpaired) electrons. The summed E-state index contributed by atoms with van der Waals surface area (Å²) in [5, 5.41) is 13.2. The molecule has 2 N–H and O–H groups in total. The van der Waals surface area contributed by atoms with Crippen LogP contribution in [0.1, 0.15) is 18.2 Å². The van der Waals surface area contributed by atoms with Crippen LogP contribution < -0.4 is 5.32 Å². The fourth-order valence-electron chi connectivity index (χ4n) is 2.63. The second kappa shape index (κ2) is 6.30. The third kappa shape index (κ3) is 3.03. The van der Waals surface area contributed by atoms with Crippen molar-refractivity contribution in [2.24, 2.45) is 0 Å². The van der Waals surface area contributed by atoms with Crippen molar-refractivity contribution in [1.82, 2.24) is 14.7 Å². The van der Waals surface area contributed by atoms with Gasteiger partial charge in [-0.2, -0.15) is 0 Å². The maximum atomic E-state index is 9.79. The van der Waals surface area contributed by atoms with Crippen LogP contribution in [0.15, 0.2) is 60.9 Å². The number of fused-ring (bicyclic) bond motifs is 1. The van der Waals surface area contributed by atoms with Crippen molar-refractivity contribution in [2.75, 3.05) is 13.2 Å². The summed E-state index contributed by atoms with van der Waals surface area (Å²) in [6, 6.07) is 16.1. The molecular weight excluding hydrogens is 274 g/mol. The monoisotopic (exact) mass is 295 g/mol. The summed E-state index contributed by atoms with van der Waals surface area (Å²) < 4.78 is 2.01. The average Bonchev–Trinajstić information content (AvgIpc) is 2.98. The molecule has 3 aromatic rings. The quantitative estimate of drug-likeness (QED) is 0.734. The highest BCUT2D eigenvalue weighted by Crippen LogP contribution is 2.22. The van der Waals surface area contributed by atoms with Crippen molar-refractivity contribution in [3.05, 3.63) is 72.2 Å². The summed E-state index contributed by atoms with van der Waals surface area (Å²) in [6.07, 6.45) is 4.02. The van der Waals surface area contributed by atoms with E-state index in [1.54, 1.807) is 0 Å². The van der Waals surface area contributed by atoms with Crippen LogP contribution in [-0.2, 0) is 12.0 Å². The maximum absolute atomic E-state index is 9.79. The van der Waals surface area contributed by atoms with Crippen molar-refractivity contribution >= 4 is 5.65 Å². The Labute approximate surface area is 130 Å². The molecule has 0 unspecified atom stereocenters. The predicted molar refractivity (Wildman–Crippen MR) is 87.8 cm³/mol. The normalized spacial score (nSPS) is 14.1. The number of nitrogens with zero attached hydrogens (tertiary/aromatic N) is 2. The summed E-state index contributed by atoms with van der Waals surface area (Å²) in [4.78, 5) is 4.57. The second-order valence-corrected chi connectivity index (χ2v) is 5.89. The van der Waals surface area contributed by atoms with Crippen LogP contribution in [0.25, 0.3) is 5.65 Å². The minimum absolute atomic E-state index is 0.106. The Morgan fingerprint density at radius 3 is 2.64 bits per heavy atom. The molecule has 0 saturated heterocycles. The number of imidazole rings is 1. The molecule has 0 bridgehead atoms. The van der Waals surface area contributed by atoms with Gasteiger partial charge in [-0.15, -0.1) is 0 Å². The number of hydrogen-bond acceptors (Lipinski definition) is 3. The first-order valence-corrected chi connectivity index (χ1v) is 7.51. The van der Waals surface area contributed by atoms with E-state index in [1.807, 2.05) is 53.2 Å². The van der Waals surface area contributed by atoms with Crippen LogP contribution in [0, 0.1) is 0 Å². The van der Waals surface area contributed by atoms with E-state index in [0.717, 1.165) is 16.9 Å². The Morgan fingerprint density at radius 2 is 1.91 bits per heavy atom. The highest BCUT2D eigenvalue weighted by atomic mass is 16.3. The highest BCUT2D eigenvalue weighted by Gasteiger charge is 2.25. The largest absolute Gasteiger partial charge is 0.395 e. The number of hydrogen-bond donors (Lipinski definition) is 2. The lowest BCUT2D eigenvalue weighted by Crippen LogP contribution is -2.38. The Hall–Kier alpha value is -2.17. The molecule has 0 spiro atoms. The molecule has 4 nitrogen and oxygen atoms in total. The zero-order valence-electron chi connectivity index (χ0n) is 12.7. The number of aliphatic hydroxyl groups excluding tert-OH is 1. The van der Waals surface area contributed by atoms with Gasteiger partial charge in [0.15, 0.2) is 0 Å². The number of aliphatic hydroxyl groups is 1. The standard InChI is InChI=1S/C18H21N3O/c1-18(14-22,15-7-3-2-4-8-15)13-19-11-16-12-21-10-6-5-9-17(21)20-16/h2-10,12,19,22H,11,13-14H2,1H3/t18-/m0/s1. The topological polar surface area (TPSA) is 49.6 Å². The lowest BCUT2D eigenvalue weighted by molar-refractivity contribution is 0.201. The predicted octanol–water partition coefficient (Wildman–Crippen LogP) is 2.37. The van der Waals surface area contributed by atoms with E-state index in [4.69, 9.17) is 0 Å². The minimum atomic E-state index is -0.291. The molecule has 3 rings (SSSR count). The number of rotatable bonds is 6. The van der Waals surface area contributed by atoms with Crippen LogP contribution in [0.3, 0.4) is 0 Å². The molecule has 22 heavy (non-hydrogen) atoms. The van der Waals surface area contributed by atoms with E-state index < -0.39 is 0 Å². The Morgan fingerprint density at radius 1 is 1.14 bits per heavy atom. The van der Waals surface area contributed by atoms with E-state index >= 15 is 0 Å². The van der Waals surface area contributed by atoms with Gasteiger partial charge in [0.2, 0.25) is 0 Å². The highest BCUT2D eigenvalue weighted by molar-refractivity contribution is 5.39. The molecule has 0 saturated carbocycles. The van der Waals surface area contributed by atoms with E-state index in [9.17, 15) is 5.11 Å². The molecule has 0 amide bonds. The van der Waals surface area contributed by atoms with E-state index in [2.05, 4.69) is 29.4 Å². The first kappa shape index (κ1) is 14.8. The molecular formula is C18H21N3O. The van der Waals surface area contributed by atoms with Crippen LogP contribution >= 0.6 is 0 Å². The van der Waals surface area contributed by atoms with Gasteiger partial charge in [0.05, 0.1) is 12.3 Å². The van der Waals surface area contributed by atoms with E-state index in [-0.39, 0.29) is 12.0 Å². The van der Waals surface area contributed by atoms with Crippen LogP contribution in [-0.4, -0.2) is 27.6 Å². The lowest BCUT2D eigenvalue weighted by Gasteiger charge is -2.28. The smallest absolute Gasteiger partial charge is 0.137 e. The maximum Gasteiger partial charge on any atom is 0.137 e. The van der Waals surface area contributed by atoms with Gasteiger partial charge in [0, 0.05) is 30.9 Å². The van der Waals surface area contributed by atoms with Gasteiger partial charge in [0.25, 0.3) is 0 Å². The second-order valence-electron chi connectivity index (χ2n) is 5.89. The first-order chi connectivity index (χ1) is 10.7. The number of nitrogens with one attached hydrogen (secondary N) is 1. The third-order valence-corrected chi connectivity index (χ3v) is 4.05. The van der Waals surface area contributed by atoms with Gasteiger partial charge in [0.1, 0.15) is 5.65 Å². The van der Waals surface area contributed by atoms with Crippen molar-refractivity contribution in [3.8, 4) is 0 Å². The van der Waals surface area contributed by atoms with Crippen molar-refractivity contribution in [1.29, 1.82) is 0 Å². The van der Waals surface area contributed by atoms with Crippen molar-refractivity contribution in [3.63, 3.8) is 0 Å². The fourth-order valence-corrected chi connectivity index (χ4v) is 2.63. The average molecular weight is 295 g/mol. The summed E-state index contributed by atoms with van der Waals surface area (Å²) in [7, 11) is 0. The van der Waals surface area contributed by atoms with Gasteiger partial charge < -0.3 is 14.8 Å². The molecule has 1 atom stereocenters. The third-order valence-electron chi connectivity index (χ3n) is 4.05. The SMILES string of the molecule is C[C@@](CO)(CNCc1cn2ccccc2n1)c1ccccc1. The minimum Gasteiger partial charge on any atom is -0.395 e. The summed E-state index contributed by atoms with van der Waals surface area (Å²) >= 11 is 0. The molecule has 4 heteroatoms. The van der Waals surface area contributed by atoms with E-state index in [1.165, 1.54) is 0 Å². The Balaban J connectivity index is 1.66. The van der Waals surface area contributed by atoms with Crippen LogP contribution in [0.2, 0.25) is 0 Å². The van der Waals surface area contributed by atoms with Crippen LogP contribution in [0.5, 0.6) is 0 Å². The Bertz CT molecular complexity index is 705. The molecule has 1 aromatic carbocycles. The number of benzene rings is 1. The van der Waals surface area contributed by atoms with Crippen LogP contribution in [0.4, 0.5) is 0 Å². The van der Waals surface area contributed by atoms with Gasteiger partial charge in [-0.05, 0) is 17.7 Å². The molecule has 2 heterocycles. The van der Waals surface area contributed by atoms with Gasteiger partial charge in [-0.3, -0.25) is 0 Å². The molecule has 0 fully saturated rings. The van der Waals surface area contributed by atoms with E-state index in [0.29, 0.717) is 13.1 Å². The molecule has 2 aromatic heterocycles. The van der Waals surface area contributed by atoms with Gasteiger partial charge in [-0.25, -0.2) is 4.98 Å². The summed E-state index contributed by atoms with van der Waals surface area (Å²) in [5.74, 6) is 0.